The van der Waals surface area contributed by atoms with Crippen LogP contribution in [0.3, 0.4) is 0 Å². The molecule has 4 nitrogen and oxygen atoms in total. The van der Waals surface area contributed by atoms with Crippen LogP contribution < -0.4 is 4.90 Å². The number of benzene rings is 2. The van der Waals surface area contributed by atoms with Crippen molar-refractivity contribution in [3.05, 3.63) is 88.4 Å². The monoisotopic (exact) mass is 444 g/mol. The van der Waals surface area contributed by atoms with Crippen LogP contribution in [0.5, 0.6) is 0 Å². The lowest BCUT2D eigenvalue weighted by Gasteiger charge is -2.41. The van der Waals surface area contributed by atoms with Crippen molar-refractivity contribution < 1.29 is 9.21 Å². The number of amides is 1. The summed E-state index contributed by atoms with van der Waals surface area (Å²) in [5.41, 5.74) is 6.38. The third kappa shape index (κ3) is 5.16. The van der Waals surface area contributed by atoms with E-state index in [9.17, 15) is 4.79 Å². The summed E-state index contributed by atoms with van der Waals surface area (Å²) in [5, 5.41) is 0. The van der Waals surface area contributed by atoms with Gasteiger partial charge in [0.1, 0.15) is 5.76 Å². The van der Waals surface area contributed by atoms with Crippen LogP contribution in [0.15, 0.2) is 59.0 Å². The average Bonchev–Trinajstić information content (AvgIpc) is 3.22. The van der Waals surface area contributed by atoms with Gasteiger partial charge in [0.2, 0.25) is 0 Å². The van der Waals surface area contributed by atoms with E-state index in [0.717, 1.165) is 12.3 Å². The Hall–Kier alpha value is -3.01. The SMILES string of the molecule is Cc1cccc(N2CCN(C(=O)c3ccc(Cc4cc(C(C)(C)C)ccc4C)o3)CC2C)c1. The fraction of sp³-hybridized carbons (Fsp3) is 0.414. The van der Waals surface area contributed by atoms with E-state index in [1.807, 2.05) is 17.0 Å². The van der Waals surface area contributed by atoms with Crippen LogP contribution in [0.1, 0.15) is 66.3 Å². The minimum Gasteiger partial charge on any atom is -0.456 e. The maximum Gasteiger partial charge on any atom is 0.289 e. The molecule has 33 heavy (non-hydrogen) atoms. The lowest BCUT2D eigenvalue weighted by atomic mass is 9.85. The molecule has 1 saturated heterocycles. The van der Waals surface area contributed by atoms with E-state index in [0.29, 0.717) is 25.3 Å². The van der Waals surface area contributed by atoms with Crippen molar-refractivity contribution in [2.75, 3.05) is 24.5 Å². The number of anilines is 1. The van der Waals surface area contributed by atoms with Crippen molar-refractivity contribution in [2.45, 2.75) is 59.4 Å². The summed E-state index contributed by atoms with van der Waals surface area (Å²) in [6.45, 7) is 15.3. The molecule has 0 saturated carbocycles. The van der Waals surface area contributed by atoms with E-state index < -0.39 is 0 Å². The van der Waals surface area contributed by atoms with E-state index in [1.54, 1.807) is 0 Å². The predicted octanol–water partition coefficient (Wildman–Crippen LogP) is 6.14. The molecule has 1 amide bonds. The van der Waals surface area contributed by atoms with Gasteiger partial charge in [-0.25, -0.2) is 0 Å². The number of nitrogens with zero attached hydrogens (tertiary/aromatic N) is 2. The molecule has 0 aliphatic carbocycles. The maximum absolute atomic E-state index is 13.2. The molecular weight excluding hydrogens is 408 g/mol. The Labute approximate surface area is 198 Å². The smallest absolute Gasteiger partial charge is 0.289 e. The van der Waals surface area contributed by atoms with Crippen LogP contribution in [0.4, 0.5) is 5.69 Å². The third-order valence-electron chi connectivity index (χ3n) is 6.70. The van der Waals surface area contributed by atoms with Gasteiger partial charge in [0.25, 0.3) is 5.91 Å². The van der Waals surface area contributed by atoms with Gasteiger partial charge in [-0.15, -0.1) is 0 Å². The molecule has 1 atom stereocenters. The fourth-order valence-corrected chi connectivity index (χ4v) is 4.59. The Bertz CT molecular complexity index is 1140. The summed E-state index contributed by atoms with van der Waals surface area (Å²) in [6, 6.07) is 19.3. The van der Waals surface area contributed by atoms with Gasteiger partial charge in [-0.05, 0) is 72.7 Å². The lowest BCUT2D eigenvalue weighted by molar-refractivity contribution is 0.0692. The van der Waals surface area contributed by atoms with Crippen molar-refractivity contribution in [3.63, 3.8) is 0 Å². The van der Waals surface area contributed by atoms with Gasteiger partial charge < -0.3 is 14.2 Å². The molecule has 0 N–H and O–H groups in total. The summed E-state index contributed by atoms with van der Waals surface area (Å²) in [5.74, 6) is 1.25. The van der Waals surface area contributed by atoms with Gasteiger partial charge >= 0.3 is 0 Å². The molecule has 1 unspecified atom stereocenters. The first-order valence-corrected chi connectivity index (χ1v) is 11.9. The molecule has 2 heterocycles. The predicted molar refractivity (Wildman–Crippen MR) is 135 cm³/mol. The Morgan fingerprint density at radius 2 is 1.82 bits per heavy atom. The second-order valence-electron chi connectivity index (χ2n) is 10.5. The van der Waals surface area contributed by atoms with Gasteiger partial charge in [-0.3, -0.25) is 4.79 Å². The van der Waals surface area contributed by atoms with Crippen LogP contribution in [-0.4, -0.2) is 36.5 Å². The van der Waals surface area contributed by atoms with Crippen LogP contribution in [0.25, 0.3) is 0 Å². The molecule has 4 rings (SSSR count). The van der Waals surface area contributed by atoms with Crippen molar-refractivity contribution in [3.8, 4) is 0 Å². The number of carbonyl (C=O) groups excluding carboxylic acids is 1. The topological polar surface area (TPSA) is 36.7 Å². The Balaban J connectivity index is 1.44. The molecule has 1 aromatic heterocycles. The molecule has 4 heteroatoms. The second-order valence-corrected chi connectivity index (χ2v) is 10.5. The molecule has 174 valence electrons. The highest BCUT2D eigenvalue weighted by Gasteiger charge is 2.29. The highest BCUT2D eigenvalue weighted by atomic mass is 16.4. The van der Waals surface area contributed by atoms with Crippen molar-refractivity contribution >= 4 is 11.6 Å². The maximum atomic E-state index is 13.2. The van der Waals surface area contributed by atoms with Crippen LogP contribution in [-0.2, 0) is 11.8 Å². The van der Waals surface area contributed by atoms with E-state index >= 15 is 0 Å². The van der Waals surface area contributed by atoms with Gasteiger partial charge in [0.05, 0.1) is 0 Å². The summed E-state index contributed by atoms with van der Waals surface area (Å²) in [6.07, 6.45) is 0.695. The molecule has 1 aliphatic rings. The quantitative estimate of drug-likeness (QED) is 0.485. The molecule has 3 aromatic rings. The van der Waals surface area contributed by atoms with Crippen molar-refractivity contribution in [1.82, 2.24) is 4.90 Å². The molecule has 0 bridgehead atoms. The Morgan fingerprint density at radius 1 is 1.03 bits per heavy atom. The van der Waals surface area contributed by atoms with E-state index in [2.05, 4.69) is 88.9 Å². The zero-order valence-corrected chi connectivity index (χ0v) is 20.8. The molecule has 1 aliphatic heterocycles. The minimum atomic E-state index is -0.0165. The third-order valence-corrected chi connectivity index (χ3v) is 6.70. The first-order valence-electron chi connectivity index (χ1n) is 11.9. The Kier molecular flexibility index (Phi) is 6.38. The lowest BCUT2D eigenvalue weighted by Crippen LogP contribution is -2.53. The number of furan rings is 1. The number of piperazine rings is 1. The molecule has 2 aromatic carbocycles. The second kappa shape index (κ2) is 9.09. The number of rotatable bonds is 4. The number of carbonyl (C=O) groups is 1. The normalized spacial score (nSPS) is 16.8. The molecular formula is C29H36N2O2. The fourth-order valence-electron chi connectivity index (χ4n) is 4.59. The molecule has 1 fully saturated rings. The van der Waals surface area contributed by atoms with E-state index in [4.69, 9.17) is 4.42 Å². The summed E-state index contributed by atoms with van der Waals surface area (Å²) >= 11 is 0. The van der Waals surface area contributed by atoms with E-state index in [-0.39, 0.29) is 17.4 Å². The summed E-state index contributed by atoms with van der Waals surface area (Å²) < 4.78 is 6.04. The zero-order chi connectivity index (χ0) is 23.8. The minimum absolute atomic E-state index is 0.0165. The van der Waals surface area contributed by atoms with Crippen LogP contribution in [0.2, 0.25) is 0 Å². The van der Waals surface area contributed by atoms with Crippen LogP contribution >= 0.6 is 0 Å². The highest BCUT2D eigenvalue weighted by molar-refractivity contribution is 5.91. The first kappa shape index (κ1) is 23.2. The van der Waals surface area contributed by atoms with Crippen molar-refractivity contribution in [2.24, 2.45) is 0 Å². The van der Waals surface area contributed by atoms with Gasteiger partial charge in [0.15, 0.2) is 5.76 Å². The van der Waals surface area contributed by atoms with Gasteiger partial charge in [-0.2, -0.15) is 0 Å². The van der Waals surface area contributed by atoms with Crippen LogP contribution in [0, 0.1) is 13.8 Å². The Morgan fingerprint density at radius 3 is 2.52 bits per heavy atom. The van der Waals surface area contributed by atoms with Gasteiger partial charge in [0, 0.05) is 37.8 Å². The molecule has 0 radical (unpaired) electrons. The average molecular weight is 445 g/mol. The van der Waals surface area contributed by atoms with E-state index in [1.165, 1.54) is 27.9 Å². The van der Waals surface area contributed by atoms with Crippen molar-refractivity contribution in [1.29, 1.82) is 0 Å². The summed E-state index contributed by atoms with van der Waals surface area (Å²) in [4.78, 5) is 17.5. The summed E-state index contributed by atoms with van der Waals surface area (Å²) in [7, 11) is 0. The standard InChI is InChI=1S/C29H36N2O2/c1-20-8-7-9-25(16-20)31-15-14-30(19-22(31)3)28(32)27-13-12-26(33-27)18-23-17-24(29(4,5)6)11-10-21(23)2/h7-13,16-17,22H,14-15,18-19H2,1-6H3. The first-order chi connectivity index (χ1) is 15.6. The van der Waals surface area contributed by atoms with Gasteiger partial charge in [-0.1, -0.05) is 51.1 Å². The number of hydrogen-bond acceptors (Lipinski definition) is 3. The molecule has 0 spiro atoms. The number of aryl methyl sites for hydroxylation is 2. The largest absolute Gasteiger partial charge is 0.456 e. The highest BCUT2D eigenvalue weighted by Crippen LogP contribution is 2.27. The number of hydrogen-bond donors (Lipinski definition) is 0. The zero-order valence-electron chi connectivity index (χ0n) is 20.8.